The average Bonchev–Trinajstić information content (AvgIpc) is 3.05. The van der Waals surface area contributed by atoms with Crippen LogP contribution >= 0.6 is 0 Å². The zero-order chi connectivity index (χ0) is 24.1. The number of carbonyl (C=O) groups is 2. The third kappa shape index (κ3) is 4.88. The van der Waals surface area contributed by atoms with Gasteiger partial charge in [0.05, 0.1) is 37.5 Å². The van der Waals surface area contributed by atoms with Gasteiger partial charge in [0.2, 0.25) is 0 Å². The number of ether oxygens (including phenoxy) is 3. The highest BCUT2D eigenvalue weighted by atomic mass is 16.5. The van der Waals surface area contributed by atoms with Gasteiger partial charge in [-0.2, -0.15) is 0 Å². The fourth-order valence-electron chi connectivity index (χ4n) is 4.16. The summed E-state index contributed by atoms with van der Waals surface area (Å²) in [7, 11) is 3.05. The highest BCUT2D eigenvalue weighted by molar-refractivity contribution is 6.46. The minimum Gasteiger partial charge on any atom is -0.507 e. The summed E-state index contributed by atoms with van der Waals surface area (Å²) >= 11 is 0. The summed E-state index contributed by atoms with van der Waals surface area (Å²) in [4.78, 5) is 27.5. The number of likely N-dealkylation sites (tertiary alicyclic amines) is 1. The Labute approximate surface area is 194 Å². The molecule has 1 unspecified atom stereocenters. The molecule has 0 aliphatic carbocycles. The van der Waals surface area contributed by atoms with Crippen LogP contribution in [0.25, 0.3) is 5.76 Å². The maximum absolute atomic E-state index is 13.1. The summed E-state index contributed by atoms with van der Waals surface area (Å²) in [6.07, 6.45) is 0.886. The fourth-order valence-corrected chi connectivity index (χ4v) is 4.16. The number of aliphatic hydroxyl groups is 1. The predicted octanol–water partition coefficient (Wildman–Crippen LogP) is 4.17. The Bertz CT molecular complexity index is 1060. The molecule has 176 valence electrons. The van der Waals surface area contributed by atoms with E-state index in [0.29, 0.717) is 29.2 Å². The van der Waals surface area contributed by atoms with E-state index in [4.69, 9.17) is 14.2 Å². The number of methoxy groups -OCH3 is 2. The molecule has 1 amide bonds. The SMILES string of the molecule is CCCOc1ccc(C2/C(=C(\O)c3cc(C)cc(C)c3OC)C(=O)C(=O)N2CCOC)cc1. The maximum Gasteiger partial charge on any atom is 0.295 e. The Kier molecular flexibility index (Phi) is 7.76. The molecule has 1 aliphatic heterocycles. The second-order valence-electron chi connectivity index (χ2n) is 8.07. The van der Waals surface area contributed by atoms with Gasteiger partial charge in [0, 0.05) is 13.7 Å². The second kappa shape index (κ2) is 10.5. The molecular weight excluding hydrogens is 422 g/mol. The van der Waals surface area contributed by atoms with Crippen molar-refractivity contribution in [2.24, 2.45) is 0 Å². The largest absolute Gasteiger partial charge is 0.507 e. The third-order valence-electron chi connectivity index (χ3n) is 5.62. The fraction of sp³-hybridized carbons (Fsp3) is 0.385. The topological polar surface area (TPSA) is 85.3 Å². The molecule has 33 heavy (non-hydrogen) atoms. The zero-order valence-corrected chi connectivity index (χ0v) is 19.8. The van der Waals surface area contributed by atoms with Gasteiger partial charge in [-0.1, -0.05) is 25.1 Å². The molecule has 2 aromatic carbocycles. The van der Waals surface area contributed by atoms with Crippen molar-refractivity contribution in [1.29, 1.82) is 0 Å². The van der Waals surface area contributed by atoms with Crippen LogP contribution in [0.5, 0.6) is 11.5 Å². The van der Waals surface area contributed by atoms with Gasteiger partial charge in [-0.05, 0) is 55.2 Å². The van der Waals surface area contributed by atoms with Crippen LogP contribution in [0.4, 0.5) is 0 Å². The van der Waals surface area contributed by atoms with Gasteiger partial charge in [0.15, 0.2) is 0 Å². The van der Waals surface area contributed by atoms with Crippen molar-refractivity contribution in [3.05, 3.63) is 64.2 Å². The lowest BCUT2D eigenvalue weighted by Gasteiger charge is -2.25. The van der Waals surface area contributed by atoms with Crippen LogP contribution < -0.4 is 9.47 Å². The number of hydrogen-bond acceptors (Lipinski definition) is 6. The average molecular weight is 454 g/mol. The monoisotopic (exact) mass is 453 g/mol. The number of hydrogen-bond donors (Lipinski definition) is 1. The Morgan fingerprint density at radius 1 is 1.06 bits per heavy atom. The molecule has 0 spiro atoms. The number of Topliss-reactive ketones (excluding diaryl/α,β-unsaturated/α-hetero) is 1. The lowest BCUT2D eigenvalue weighted by molar-refractivity contribution is -0.140. The van der Waals surface area contributed by atoms with E-state index in [2.05, 4.69) is 0 Å². The first-order valence-corrected chi connectivity index (χ1v) is 11.0. The van der Waals surface area contributed by atoms with Crippen LogP contribution in [0.3, 0.4) is 0 Å². The van der Waals surface area contributed by atoms with Crippen LogP contribution in [0.2, 0.25) is 0 Å². The summed E-state index contributed by atoms with van der Waals surface area (Å²) in [6, 6.07) is 10.2. The first kappa shape index (κ1) is 24.3. The number of nitrogens with zero attached hydrogens (tertiary/aromatic N) is 1. The molecule has 1 heterocycles. The van der Waals surface area contributed by atoms with Crippen molar-refractivity contribution >= 4 is 17.4 Å². The first-order chi connectivity index (χ1) is 15.8. The van der Waals surface area contributed by atoms with Crippen LogP contribution in [0, 0.1) is 13.8 Å². The Hall–Kier alpha value is -3.32. The van der Waals surface area contributed by atoms with Gasteiger partial charge in [-0.15, -0.1) is 0 Å². The van der Waals surface area contributed by atoms with Crippen LogP contribution in [-0.2, 0) is 14.3 Å². The lowest BCUT2D eigenvalue weighted by Crippen LogP contribution is -2.32. The molecule has 1 N–H and O–H groups in total. The van der Waals surface area contributed by atoms with E-state index in [1.54, 1.807) is 18.2 Å². The van der Waals surface area contributed by atoms with Crippen molar-refractivity contribution in [2.45, 2.75) is 33.2 Å². The van der Waals surface area contributed by atoms with Crippen molar-refractivity contribution in [3.8, 4) is 11.5 Å². The lowest BCUT2D eigenvalue weighted by atomic mass is 9.93. The Morgan fingerprint density at radius 3 is 2.36 bits per heavy atom. The number of benzene rings is 2. The van der Waals surface area contributed by atoms with Gasteiger partial charge < -0.3 is 24.2 Å². The Morgan fingerprint density at radius 2 is 1.76 bits per heavy atom. The molecule has 1 aliphatic rings. The number of aliphatic hydroxyl groups excluding tert-OH is 1. The molecular formula is C26H31NO6. The number of amides is 1. The van der Waals surface area contributed by atoms with Gasteiger partial charge in [-0.25, -0.2) is 0 Å². The van der Waals surface area contributed by atoms with E-state index in [0.717, 1.165) is 17.5 Å². The minimum absolute atomic E-state index is 0.0293. The number of carbonyl (C=O) groups excluding carboxylic acids is 2. The molecule has 7 nitrogen and oxygen atoms in total. The molecule has 1 fully saturated rings. The van der Waals surface area contributed by atoms with E-state index in [-0.39, 0.29) is 24.5 Å². The van der Waals surface area contributed by atoms with Crippen molar-refractivity contribution < 1.29 is 28.9 Å². The number of aryl methyl sites for hydroxylation is 2. The van der Waals surface area contributed by atoms with Gasteiger partial charge in [0.1, 0.15) is 17.3 Å². The molecule has 1 saturated heterocycles. The molecule has 0 aromatic heterocycles. The van der Waals surface area contributed by atoms with Gasteiger partial charge in [0.25, 0.3) is 11.7 Å². The van der Waals surface area contributed by atoms with E-state index in [1.807, 2.05) is 39.0 Å². The third-order valence-corrected chi connectivity index (χ3v) is 5.62. The van der Waals surface area contributed by atoms with Gasteiger partial charge >= 0.3 is 0 Å². The van der Waals surface area contributed by atoms with Gasteiger partial charge in [-0.3, -0.25) is 9.59 Å². The summed E-state index contributed by atoms with van der Waals surface area (Å²) < 4.78 is 16.3. The molecule has 7 heteroatoms. The Balaban J connectivity index is 2.17. The molecule has 0 radical (unpaired) electrons. The van der Waals surface area contributed by atoms with Crippen molar-refractivity contribution in [2.75, 3.05) is 34.0 Å². The van der Waals surface area contributed by atoms with Crippen LogP contribution in [0.15, 0.2) is 42.0 Å². The highest BCUT2D eigenvalue weighted by Gasteiger charge is 2.46. The molecule has 0 bridgehead atoms. The molecule has 0 saturated carbocycles. The van der Waals surface area contributed by atoms with E-state index < -0.39 is 17.7 Å². The van der Waals surface area contributed by atoms with E-state index in [1.165, 1.54) is 19.1 Å². The first-order valence-electron chi connectivity index (χ1n) is 11.0. The van der Waals surface area contributed by atoms with E-state index in [9.17, 15) is 14.7 Å². The van der Waals surface area contributed by atoms with Crippen LogP contribution in [0.1, 0.15) is 41.6 Å². The van der Waals surface area contributed by atoms with Crippen molar-refractivity contribution in [3.63, 3.8) is 0 Å². The smallest absolute Gasteiger partial charge is 0.295 e. The standard InChI is InChI=1S/C26H31NO6/c1-6-12-33-19-9-7-18(8-10-19)22-21(24(29)26(30)27(22)11-13-31-4)23(28)20-15-16(2)14-17(3)25(20)32-5/h7-10,14-15,22,28H,6,11-13H2,1-5H3/b23-21+. The predicted molar refractivity (Wildman–Crippen MR) is 126 cm³/mol. The zero-order valence-electron chi connectivity index (χ0n) is 19.8. The molecule has 1 atom stereocenters. The van der Waals surface area contributed by atoms with E-state index >= 15 is 0 Å². The quantitative estimate of drug-likeness (QED) is 0.349. The normalized spacial score (nSPS) is 17.5. The number of ketones is 1. The molecule has 2 aromatic rings. The summed E-state index contributed by atoms with van der Waals surface area (Å²) in [5.74, 6) is -0.503. The maximum atomic E-state index is 13.1. The minimum atomic E-state index is -0.758. The summed E-state index contributed by atoms with van der Waals surface area (Å²) in [6.45, 7) is 6.85. The summed E-state index contributed by atoms with van der Waals surface area (Å²) in [5, 5.41) is 11.4. The molecule has 3 rings (SSSR count). The summed E-state index contributed by atoms with van der Waals surface area (Å²) in [5.41, 5.74) is 2.83. The van der Waals surface area contributed by atoms with Crippen LogP contribution in [-0.4, -0.2) is 55.7 Å². The second-order valence-corrected chi connectivity index (χ2v) is 8.07. The van der Waals surface area contributed by atoms with Crippen molar-refractivity contribution in [1.82, 2.24) is 4.90 Å². The highest BCUT2D eigenvalue weighted by Crippen LogP contribution is 2.42. The number of rotatable bonds is 9.